The molecule has 0 aromatic heterocycles. The van der Waals surface area contributed by atoms with Crippen LogP contribution >= 0.6 is 0 Å². The second-order valence-electron chi connectivity index (χ2n) is 3.40. The Balaban J connectivity index is 2.25. The van der Waals surface area contributed by atoms with Gasteiger partial charge in [-0.3, -0.25) is 0 Å². The number of anilines is 1. The van der Waals surface area contributed by atoms with Crippen molar-refractivity contribution in [2.24, 2.45) is 5.92 Å². The molecule has 0 saturated heterocycles. The number of hydrogen-bond donors (Lipinski definition) is 1. The van der Waals surface area contributed by atoms with Crippen LogP contribution in [0, 0.1) is 12.0 Å². The van der Waals surface area contributed by atoms with E-state index in [-0.39, 0.29) is 0 Å². The number of nitrogens with one attached hydrogen (secondary N) is 1. The topological polar surface area (TPSA) is 12.0 Å². The van der Waals surface area contributed by atoms with Gasteiger partial charge in [0.1, 0.15) is 0 Å². The molecule has 0 unspecified atom stereocenters. The average molecular weight is 162 g/mol. The molecule has 0 aliphatic carbocycles. The standard InChI is InChI=1S/C11H16N/c1-10(2)8-9-12-11-6-4-3-5-7-11/h4-7,10,12H,8-9H2,1-2H3. The van der Waals surface area contributed by atoms with E-state index in [1.54, 1.807) is 0 Å². The van der Waals surface area contributed by atoms with Crippen LogP contribution in [-0.4, -0.2) is 6.54 Å². The molecule has 1 aromatic carbocycles. The van der Waals surface area contributed by atoms with E-state index in [2.05, 4.69) is 25.2 Å². The summed E-state index contributed by atoms with van der Waals surface area (Å²) in [6.45, 7) is 5.53. The van der Waals surface area contributed by atoms with Crippen molar-refractivity contribution in [1.82, 2.24) is 0 Å². The molecule has 0 aliphatic rings. The molecule has 1 N–H and O–H groups in total. The van der Waals surface area contributed by atoms with Crippen molar-refractivity contribution in [2.75, 3.05) is 11.9 Å². The lowest BCUT2D eigenvalue weighted by atomic mass is 10.1. The maximum absolute atomic E-state index is 3.36. The molecule has 1 aromatic rings. The Hall–Kier alpha value is -0.980. The quantitative estimate of drug-likeness (QED) is 0.717. The van der Waals surface area contributed by atoms with Gasteiger partial charge in [-0.1, -0.05) is 26.0 Å². The largest absolute Gasteiger partial charge is 0.385 e. The van der Waals surface area contributed by atoms with Crippen molar-refractivity contribution in [3.05, 3.63) is 30.3 Å². The van der Waals surface area contributed by atoms with Crippen LogP contribution in [-0.2, 0) is 0 Å². The van der Waals surface area contributed by atoms with Crippen LogP contribution in [0.2, 0.25) is 0 Å². The van der Waals surface area contributed by atoms with E-state index < -0.39 is 0 Å². The van der Waals surface area contributed by atoms with Crippen LogP contribution in [0.1, 0.15) is 20.3 Å². The highest BCUT2D eigenvalue weighted by molar-refractivity contribution is 5.41. The highest BCUT2D eigenvalue weighted by Crippen LogP contribution is 2.06. The first-order chi connectivity index (χ1) is 5.79. The van der Waals surface area contributed by atoms with Gasteiger partial charge in [-0.2, -0.15) is 0 Å². The molecule has 0 saturated carbocycles. The van der Waals surface area contributed by atoms with Crippen LogP contribution in [0.15, 0.2) is 24.3 Å². The molecule has 1 nitrogen and oxygen atoms in total. The van der Waals surface area contributed by atoms with E-state index in [1.165, 1.54) is 12.1 Å². The summed E-state index contributed by atoms with van der Waals surface area (Å²) in [6, 6.07) is 10.9. The van der Waals surface area contributed by atoms with Crippen molar-refractivity contribution >= 4 is 5.69 Å². The fourth-order valence-corrected chi connectivity index (χ4v) is 1.01. The van der Waals surface area contributed by atoms with Gasteiger partial charge in [0.25, 0.3) is 0 Å². The summed E-state index contributed by atoms with van der Waals surface area (Å²) in [5.41, 5.74) is 1.19. The van der Waals surface area contributed by atoms with Crippen molar-refractivity contribution < 1.29 is 0 Å². The summed E-state index contributed by atoms with van der Waals surface area (Å²) in [5.74, 6) is 0.771. The van der Waals surface area contributed by atoms with Gasteiger partial charge in [0.2, 0.25) is 0 Å². The first kappa shape index (κ1) is 9.11. The van der Waals surface area contributed by atoms with Crippen molar-refractivity contribution in [3.8, 4) is 0 Å². The van der Waals surface area contributed by atoms with Gasteiger partial charge in [-0.25, -0.2) is 0 Å². The molecule has 1 radical (unpaired) electrons. The third-order valence-corrected chi connectivity index (χ3v) is 1.77. The first-order valence-electron chi connectivity index (χ1n) is 4.49. The predicted octanol–water partition coefficient (Wildman–Crippen LogP) is 2.94. The molecule has 0 fully saturated rings. The molecule has 0 atom stereocenters. The summed E-state index contributed by atoms with van der Waals surface area (Å²) in [7, 11) is 0. The van der Waals surface area contributed by atoms with Crippen LogP contribution in [0.5, 0.6) is 0 Å². The fraction of sp³-hybridized carbons (Fsp3) is 0.455. The summed E-state index contributed by atoms with van der Waals surface area (Å²) in [4.78, 5) is 0. The second kappa shape index (κ2) is 4.81. The molecule has 0 bridgehead atoms. The molecular formula is C11H16N. The molecule has 65 valence electrons. The normalized spacial score (nSPS) is 10.2. The lowest BCUT2D eigenvalue weighted by Gasteiger charge is -2.07. The van der Waals surface area contributed by atoms with Gasteiger partial charge < -0.3 is 5.32 Å². The Labute approximate surface area is 74.8 Å². The highest BCUT2D eigenvalue weighted by Gasteiger charge is 1.92. The number of rotatable bonds is 4. The maximum atomic E-state index is 3.36. The molecule has 1 rings (SSSR count). The van der Waals surface area contributed by atoms with Gasteiger partial charge in [-0.05, 0) is 30.5 Å². The third-order valence-electron chi connectivity index (χ3n) is 1.77. The van der Waals surface area contributed by atoms with E-state index in [9.17, 15) is 0 Å². The minimum atomic E-state index is 0.771. The third kappa shape index (κ3) is 3.42. The maximum Gasteiger partial charge on any atom is 0.0340 e. The van der Waals surface area contributed by atoms with Crippen molar-refractivity contribution in [1.29, 1.82) is 0 Å². The zero-order valence-corrected chi connectivity index (χ0v) is 7.80. The van der Waals surface area contributed by atoms with E-state index in [0.29, 0.717) is 0 Å². The Morgan fingerprint density at radius 3 is 2.58 bits per heavy atom. The van der Waals surface area contributed by atoms with Gasteiger partial charge >= 0.3 is 0 Å². The van der Waals surface area contributed by atoms with E-state index >= 15 is 0 Å². The fourth-order valence-electron chi connectivity index (χ4n) is 1.01. The molecule has 0 aliphatic heterocycles. The molecule has 12 heavy (non-hydrogen) atoms. The minimum absolute atomic E-state index is 0.771. The molecule has 0 amide bonds. The zero-order valence-electron chi connectivity index (χ0n) is 7.80. The average Bonchev–Trinajstić information content (AvgIpc) is 2.05. The van der Waals surface area contributed by atoms with Crippen molar-refractivity contribution in [3.63, 3.8) is 0 Å². The highest BCUT2D eigenvalue weighted by atomic mass is 14.9. The lowest BCUT2D eigenvalue weighted by Crippen LogP contribution is -2.04. The molecule has 1 heteroatoms. The summed E-state index contributed by atoms with van der Waals surface area (Å²) >= 11 is 0. The molecule has 0 heterocycles. The minimum Gasteiger partial charge on any atom is -0.385 e. The van der Waals surface area contributed by atoms with E-state index in [4.69, 9.17) is 0 Å². The number of benzene rings is 1. The molecular weight excluding hydrogens is 146 g/mol. The van der Waals surface area contributed by atoms with E-state index in [1.807, 2.05) is 24.3 Å². The van der Waals surface area contributed by atoms with Gasteiger partial charge in [-0.15, -0.1) is 0 Å². The van der Waals surface area contributed by atoms with Gasteiger partial charge in [0.05, 0.1) is 0 Å². The summed E-state index contributed by atoms with van der Waals surface area (Å²) in [6.07, 6.45) is 1.22. The van der Waals surface area contributed by atoms with Crippen molar-refractivity contribution in [2.45, 2.75) is 20.3 Å². The first-order valence-corrected chi connectivity index (χ1v) is 4.49. The summed E-state index contributed by atoms with van der Waals surface area (Å²) in [5, 5.41) is 3.36. The monoisotopic (exact) mass is 162 g/mol. The van der Waals surface area contributed by atoms with Crippen LogP contribution in [0.3, 0.4) is 0 Å². The predicted molar refractivity (Wildman–Crippen MR) is 53.2 cm³/mol. The Kier molecular flexibility index (Phi) is 3.65. The lowest BCUT2D eigenvalue weighted by molar-refractivity contribution is 0.607. The van der Waals surface area contributed by atoms with Gasteiger partial charge in [0.15, 0.2) is 0 Å². The molecule has 0 spiro atoms. The Morgan fingerprint density at radius 1 is 1.33 bits per heavy atom. The second-order valence-corrected chi connectivity index (χ2v) is 3.40. The smallest absolute Gasteiger partial charge is 0.0340 e. The van der Waals surface area contributed by atoms with E-state index in [0.717, 1.165) is 12.5 Å². The Bertz CT molecular complexity index is 204. The Morgan fingerprint density at radius 2 is 2.00 bits per heavy atom. The SMILES string of the molecule is CC(C)CCNc1cc[c]cc1. The number of hydrogen-bond acceptors (Lipinski definition) is 1. The zero-order chi connectivity index (χ0) is 8.81. The van der Waals surface area contributed by atoms with Gasteiger partial charge in [0, 0.05) is 12.2 Å². The van der Waals surface area contributed by atoms with Crippen LogP contribution in [0.25, 0.3) is 0 Å². The van der Waals surface area contributed by atoms with Crippen LogP contribution in [0.4, 0.5) is 5.69 Å². The van der Waals surface area contributed by atoms with Crippen LogP contribution < -0.4 is 5.32 Å². The summed E-state index contributed by atoms with van der Waals surface area (Å²) < 4.78 is 0.